The number of carbonyl (C=O) groups excluding carboxylic acids is 2. The molecule has 1 atom stereocenters. The SMILES string of the molecule is CCN1CCN(c2cc(C(=O)CC(C)c3ncc(C(=O)Nc4cc(C(F)(F)F)c(Cl)cn4)s3)ncn2)CC1. The van der Waals surface area contributed by atoms with E-state index in [1.54, 1.807) is 13.0 Å². The molecular weight excluding hydrogens is 543 g/mol. The van der Waals surface area contributed by atoms with Gasteiger partial charge in [0.1, 0.15) is 28.5 Å². The number of hydrogen-bond donors (Lipinski definition) is 1. The highest BCUT2D eigenvalue weighted by atomic mass is 35.5. The molecule has 4 heterocycles. The lowest BCUT2D eigenvalue weighted by Gasteiger charge is -2.34. The number of halogens is 4. The topological polar surface area (TPSA) is 104 Å². The van der Waals surface area contributed by atoms with Gasteiger partial charge < -0.3 is 15.1 Å². The smallest absolute Gasteiger partial charge is 0.354 e. The molecule has 1 saturated heterocycles. The van der Waals surface area contributed by atoms with E-state index in [1.165, 1.54) is 12.5 Å². The maximum absolute atomic E-state index is 13.1. The highest BCUT2D eigenvalue weighted by molar-refractivity contribution is 7.13. The molecule has 1 unspecified atom stereocenters. The van der Waals surface area contributed by atoms with E-state index < -0.39 is 22.7 Å². The van der Waals surface area contributed by atoms with Crippen molar-refractivity contribution in [3.63, 3.8) is 0 Å². The van der Waals surface area contributed by atoms with Crippen molar-refractivity contribution in [3.8, 4) is 0 Å². The molecule has 0 aliphatic carbocycles. The summed E-state index contributed by atoms with van der Waals surface area (Å²) in [5, 5.41) is 2.30. The summed E-state index contributed by atoms with van der Waals surface area (Å²) >= 11 is 6.62. The van der Waals surface area contributed by atoms with Gasteiger partial charge in [-0.15, -0.1) is 11.3 Å². The van der Waals surface area contributed by atoms with Crippen molar-refractivity contribution in [1.82, 2.24) is 24.8 Å². The number of amides is 1. The van der Waals surface area contributed by atoms with Crippen LogP contribution < -0.4 is 10.2 Å². The maximum atomic E-state index is 13.1. The predicted octanol–water partition coefficient (Wildman–Crippen LogP) is 4.77. The van der Waals surface area contributed by atoms with Gasteiger partial charge in [-0.05, 0) is 12.6 Å². The number of pyridine rings is 1. The Balaban J connectivity index is 1.38. The Morgan fingerprint density at radius 3 is 2.53 bits per heavy atom. The van der Waals surface area contributed by atoms with Crippen LogP contribution >= 0.6 is 22.9 Å². The van der Waals surface area contributed by atoms with Crippen LogP contribution in [0.3, 0.4) is 0 Å². The molecule has 202 valence electrons. The fraction of sp³-hybridized carbons (Fsp3) is 0.417. The van der Waals surface area contributed by atoms with Crippen molar-refractivity contribution < 1.29 is 22.8 Å². The molecule has 0 radical (unpaired) electrons. The number of nitrogens with one attached hydrogen (secondary N) is 1. The molecule has 3 aromatic rings. The summed E-state index contributed by atoms with van der Waals surface area (Å²) in [5.41, 5.74) is -0.790. The van der Waals surface area contributed by atoms with E-state index in [2.05, 4.69) is 42.0 Å². The number of ketones is 1. The number of alkyl halides is 3. The van der Waals surface area contributed by atoms with Crippen LogP contribution in [0, 0.1) is 0 Å². The largest absolute Gasteiger partial charge is 0.418 e. The molecule has 1 fully saturated rings. The third-order valence-electron chi connectivity index (χ3n) is 6.14. The van der Waals surface area contributed by atoms with Gasteiger partial charge in [-0.3, -0.25) is 9.59 Å². The normalized spacial score (nSPS) is 15.4. The van der Waals surface area contributed by atoms with Gasteiger partial charge in [-0.2, -0.15) is 13.2 Å². The Morgan fingerprint density at radius 1 is 1.11 bits per heavy atom. The summed E-state index contributed by atoms with van der Waals surface area (Å²) in [4.78, 5) is 46.6. The third-order valence-corrected chi connectivity index (χ3v) is 7.67. The van der Waals surface area contributed by atoms with Crippen molar-refractivity contribution in [1.29, 1.82) is 0 Å². The molecule has 14 heteroatoms. The van der Waals surface area contributed by atoms with Gasteiger partial charge in [0, 0.05) is 50.8 Å². The van der Waals surface area contributed by atoms with Crippen LogP contribution in [-0.2, 0) is 6.18 Å². The first-order chi connectivity index (χ1) is 18.0. The minimum atomic E-state index is -4.69. The first kappa shape index (κ1) is 27.9. The van der Waals surface area contributed by atoms with Gasteiger partial charge in [-0.25, -0.2) is 19.9 Å². The Kier molecular flexibility index (Phi) is 8.58. The number of thiazole rings is 1. The number of Topliss-reactive ketones (excluding diaryl/α,β-unsaturated/α-hetero) is 1. The lowest BCUT2D eigenvalue weighted by molar-refractivity contribution is -0.137. The average Bonchev–Trinajstić information content (AvgIpc) is 3.40. The molecule has 38 heavy (non-hydrogen) atoms. The summed E-state index contributed by atoms with van der Waals surface area (Å²) in [5.74, 6) is -0.741. The zero-order chi connectivity index (χ0) is 27.4. The van der Waals surface area contributed by atoms with E-state index in [0.717, 1.165) is 50.3 Å². The molecular formula is C24H25ClF3N7O2S. The summed E-state index contributed by atoms with van der Waals surface area (Å²) in [6.07, 6.45) is -1.04. The summed E-state index contributed by atoms with van der Waals surface area (Å²) < 4.78 is 39.2. The van der Waals surface area contributed by atoms with Crippen molar-refractivity contribution in [3.05, 3.63) is 57.0 Å². The number of rotatable bonds is 8. The van der Waals surface area contributed by atoms with Crippen LogP contribution in [0.1, 0.15) is 56.9 Å². The van der Waals surface area contributed by atoms with Crippen molar-refractivity contribution in [2.24, 2.45) is 0 Å². The lowest BCUT2D eigenvalue weighted by atomic mass is 10.0. The summed E-state index contributed by atoms with van der Waals surface area (Å²) in [6.45, 7) is 8.43. The van der Waals surface area contributed by atoms with Gasteiger partial charge in [-0.1, -0.05) is 25.4 Å². The highest BCUT2D eigenvalue weighted by Crippen LogP contribution is 2.35. The first-order valence-electron chi connectivity index (χ1n) is 11.9. The number of nitrogens with zero attached hydrogens (tertiary/aromatic N) is 6. The molecule has 1 aliphatic heterocycles. The Hall–Kier alpha value is -3.16. The Bertz CT molecular complexity index is 1310. The predicted molar refractivity (Wildman–Crippen MR) is 138 cm³/mol. The molecule has 3 aromatic heterocycles. The molecule has 9 nitrogen and oxygen atoms in total. The van der Waals surface area contributed by atoms with E-state index in [0.29, 0.717) is 22.6 Å². The van der Waals surface area contributed by atoms with Gasteiger partial charge in [0.05, 0.1) is 21.8 Å². The van der Waals surface area contributed by atoms with E-state index >= 15 is 0 Å². The minimum absolute atomic E-state index is 0.113. The maximum Gasteiger partial charge on any atom is 0.418 e. The molecule has 0 aromatic carbocycles. The van der Waals surface area contributed by atoms with Crippen molar-refractivity contribution in [2.75, 3.05) is 42.9 Å². The number of likely N-dealkylation sites (N-methyl/N-ethyl adjacent to an activating group) is 1. The Morgan fingerprint density at radius 2 is 1.84 bits per heavy atom. The van der Waals surface area contributed by atoms with Gasteiger partial charge in [0.2, 0.25) is 0 Å². The molecule has 1 aliphatic rings. The third kappa shape index (κ3) is 6.63. The summed E-state index contributed by atoms with van der Waals surface area (Å²) in [7, 11) is 0. The molecule has 4 rings (SSSR count). The molecule has 1 amide bonds. The highest BCUT2D eigenvalue weighted by Gasteiger charge is 2.34. The van der Waals surface area contributed by atoms with E-state index in [1.807, 2.05) is 0 Å². The van der Waals surface area contributed by atoms with Crippen LogP contribution in [0.2, 0.25) is 5.02 Å². The lowest BCUT2D eigenvalue weighted by Crippen LogP contribution is -2.46. The average molecular weight is 568 g/mol. The number of piperazine rings is 1. The standard InChI is InChI=1S/C24H25ClF3N7O2S/c1-3-34-4-6-35(7-5-34)21-10-17(31-13-32-21)18(36)8-14(2)23-30-12-19(38-23)22(37)33-20-9-15(24(26,27)28)16(25)11-29-20/h9-14H,3-8H2,1-2H3,(H,29,33,37). The van der Waals surface area contributed by atoms with Crippen LogP contribution in [0.5, 0.6) is 0 Å². The van der Waals surface area contributed by atoms with Crippen molar-refractivity contribution in [2.45, 2.75) is 32.4 Å². The molecule has 0 saturated carbocycles. The fourth-order valence-corrected chi connectivity index (χ4v) is 5.03. The van der Waals surface area contributed by atoms with Crippen LogP contribution in [0.15, 0.2) is 30.9 Å². The van der Waals surface area contributed by atoms with Crippen LogP contribution in [0.25, 0.3) is 0 Å². The number of hydrogen-bond acceptors (Lipinski definition) is 9. The zero-order valence-electron chi connectivity index (χ0n) is 20.6. The second-order valence-electron chi connectivity index (χ2n) is 8.78. The Labute approximate surface area is 226 Å². The molecule has 0 bridgehead atoms. The van der Waals surface area contributed by atoms with E-state index in [-0.39, 0.29) is 28.8 Å². The van der Waals surface area contributed by atoms with Crippen LogP contribution in [0.4, 0.5) is 24.8 Å². The molecule has 0 spiro atoms. The van der Waals surface area contributed by atoms with Gasteiger partial charge in [0.25, 0.3) is 5.91 Å². The van der Waals surface area contributed by atoms with Crippen LogP contribution in [-0.4, -0.2) is 69.3 Å². The van der Waals surface area contributed by atoms with E-state index in [4.69, 9.17) is 11.6 Å². The number of carbonyl (C=O) groups is 2. The minimum Gasteiger partial charge on any atom is -0.354 e. The van der Waals surface area contributed by atoms with Gasteiger partial charge in [0.15, 0.2) is 5.78 Å². The number of aromatic nitrogens is 4. The summed E-state index contributed by atoms with van der Waals surface area (Å²) in [6, 6.07) is 2.37. The quantitative estimate of drug-likeness (QED) is 0.388. The van der Waals surface area contributed by atoms with E-state index in [9.17, 15) is 22.8 Å². The monoisotopic (exact) mass is 567 g/mol. The molecule has 1 N–H and O–H groups in total. The first-order valence-corrected chi connectivity index (χ1v) is 13.1. The zero-order valence-corrected chi connectivity index (χ0v) is 22.2. The second kappa shape index (κ2) is 11.7. The fourth-order valence-electron chi connectivity index (χ4n) is 3.96. The van der Waals surface area contributed by atoms with Crippen molar-refractivity contribution >= 4 is 46.3 Å². The second-order valence-corrected chi connectivity index (χ2v) is 10.2. The number of anilines is 2. The van der Waals surface area contributed by atoms with Gasteiger partial charge >= 0.3 is 6.18 Å².